The van der Waals surface area contributed by atoms with Crippen molar-refractivity contribution >= 4 is 5.96 Å². The molecule has 23 heavy (non-hydrogen) atoms. The zero-order valence-corrected chi connectivity index (χ0v) is 15.0. The predicted octanol–water partition coefficient (Wildman–Crippen LogP) is 3.04. The summed E-state index contributed by atoms with van der Waals surface area (Å²) in [5, 5.41) is 6.83. The molecule has 1 aromatic heterocycles. The smallest absolute Gasteiger partial charge is 0.191 e. The number of nitrogens with zero attached hydrogens (tertiary/aromatic N) is 3. The standard InChI is InChI=1S/C18H33N5/c1-4-20-17(21-9-6-11-23-12-10-19-15-23)22-14-18(7-5-8-18)13-16(2)3/h10,12,15-16H,4-9,11,13-14H2,1-3H3,(H2,20,21,22). The molecule has 0 unspecified atom stereocenters. The van der Waals surface area contributed by atoms with Gasteiger partial charge in [-0.2, -0.15) is 0 Å². The maximum absolute atomic E-state index is 4.87. The van der Waals surface area contributed by atoms with Crippen molar-refractivity contribution in [2.24, 2.45) is 16.3 Å². The molecule has 0 saturated heterocycles. The first-order valence-corrected chi connectivity index (χ1v) is 9.11. The molecule has 2 rings (SSSR count). The molecule has 5 nitrogen and oxygen atoms in total. The first-order chi connectivity index (χ1) is 11.1. The van der Waals surface area contributed by atoms with Crippen LogP contribution < -0.4 is 10.6 Å². The van der Waals surface area contributed by atoms with Crippen molar-refractivity contribution in [3.63, 3.8) is 0 Å². The van der Waals surface area contributed by atoms with Crippen molar-refractivity contribution in [2.45, 2.75) is 59.4 Å². The van der Waals surface area contributed by atoms with Crippen molar-refractivity contribution in [3.8, 4) is 0 Å². The minimum absolute atomic E-state index is 0.466. The summed E-state index contributed by atoms with van der Waals surface area (Å²) in [6.45, 7) is 10.6. The Morgan fingerprint density at radius 1 is 1.35 bits per heavy atom. The van der Waals surface area contributed by atoms with Gasteiger partial charge in [0.1, 0.15) is 0 Å². The fourth-order valence-corrected chi connectivity index (χ4v) is 3.45. The van der Waals surface area contributed by atoms with E-state index in [0.717, 1.165) is 44.5 Å². The van der Waals surface area contributed by atoms with Gasteiger partial charge in [0, 0.05) is 38.6 Å². The maximum Gasteiger partial charge on any atom is 0.191 e. The lowest BCUT2D eigenvalue weighted by atomic mass is 9.64. The SMILES string of the molecule is CCNC(=NCC1(CC(C)C)CCC1)NCCCn1ccnc1. The zero-order chi connectivity index (χ0) is 16.5. The van der Waals surface area contributed by atoms with Gasteiger partial charge in [0.05, 0.1) is 6.33 Å². The van der Waals surface area contributed by atoms with E-state index in [0.29, 0.717) is 5.41 Å². The van der Waals surface area contributed by atoms with Crippen molar-refractivity contribution in [3.05, 3.63) is 18.7 Å². The Bertz CT molecular complexity index is 460. The van der Waals surface area contributed by atoms with Gasteiger partial charge in [-0.05, 0) is 43.9 Å². The summed E-state index contributed by atoms with van der Waals surface area (Å²) in [6, 6.07) is 0. The van der Waals surface area contributed by atoms with Crippen molar-refractivity contribution in [1.29, 1.82) is 0 Å². The zero-order valence-electron chi connectivity index (χ0n) is 15.0. The minimum atomic E-state index is 0.466. The molecule has 0 bridgehead atoms. The van der Waals surface area contributed by atoms with Crippen LogP contribution in [0.15, 0.2) is 23.7 Å². The molecule has 1 aromatic rings. The molecule has 5 heteroatoms. The second-order valence-electron chi connectivity index (χ2n) is 7.23. The molecule has 0 atom stereocenters. The van der Waals surface area contributed by atoms with Crippen LogP contribution in [0.5, 0.6) is 0 Å². The molecule has 1 fully saturated rings. The summed E-state index contributed by atoms with van der Waals surface area (Å²) in [6.07, 6.45) is 12.1. The molecule has 0 radical (unpaired) electrons. The van der Waals surface area contributed by atoms with E-state index in [2.05, 4.69) is 41.0 Å². The third kappa shape index (κ3) is 5.88. The Morgan fingerprint density at radius 2 is 2.17 bits per heavy atom. The van der Waals surface area contributed by atoms with Gasteiger partial charge in [0.15, 0.2) is 5.96 Å². The summed E-state index contributed by atoms with van der Waals surface area (Å²) in [5.74, 6) is 1.73. The fourth-order valence-electron chi connectivity index (χ4n) is 3.45. The molecular weight excluding hydrogens is 286 g/mol. The molecule has 0 spiro atoms. The molecule has 1 heterocycles. The second kappa shape index (κ2) is 8.94. The number of imidazole rings is 1. The fraction of sp³-hybridized carbons (Fsp3) is 0.778. The van der Waals surface area contributed by atoms with Gasteiger partial charge in [0.25, 0.3) is 0 Å². The minimum Gasteiger partial charge on any atom is -0.357 e. The number of aryl methyl sites for hydroxylation is 1. The van der Waals surface area contributed by atoms with Crippen LogP contribution in [0.1, 0.15) is 52.9 Å². The molecule has 130 valence electrons. The van der Waals surface area contributed by atoms with Crippen LogP contribution in [0.3, 0.4) is 0 Å². The highest BCUT2D eigenvalue weighted by Gasteiger charge is 2.37. The lowest BCUT2D eigenvalue weighted by molar-refractivity contribution is 0.111. The first-order valence-electron chi connectivity index (χ1n) is 9.11. The van der Waals surface area contributed by atoms with E-state index >= 15 is 0 Å². The van der Waals surface area contributed by atoms with Gasteiger partial charge in [-0.25, -0.2) is 4.98 Å². The van der Waals surface area contributed by atoms with E-state index in [1.54, 1.807) is 0 Å². The van der Waals surface area contributed by atoms with Crippen LogP contribution in [-0.4, -0.2) is 35.1 Å². The monoisotopic (exact) mass is 319 g/mol. The van der Waals surface area contributed by atoms with Crippen molar-refractivity contribution in [1.82, 2.24) is 20.2 Å². The molecule has 1 saturated carbocycles. The summed E-state index contributed by atoms with van der Waals surface area (Å²) in [7, 11) is 0. The third-order valence-corrected chi connectivity index (χ3v) is 4.62. The van der Waals surface area contributed by atoms with E-state index < -0.39 is 0 Å². The molecule has 1 aliphatic rings. The molecular formula is C18H33N5. The second-order valence-corrected chi connectivity index (χ2v) is 7.23. The largest absolute Gasteiger partial charge is 0.357 e. The van der Waals surface area contributed by atoms with E-state index in [4.69, 9.17) is 4.99 Å². The lowest BCUT2D eigenvalue weighted by Crippen LogP contribution is -2.40. The highest BCUT2D eigenvalue weighted by Crippen LogP contribution is 2.46. The summed E-state index contributed by atoms with van der Waals surface area (Å²) < 4.78 is 2.11. The molecule has 1 aliphatic carbocycles. The average Bonchev–Trinajstić information content (AvgIpc) is 2.98. The maximum atomic E-state index is 4.87. The van der Waals surface area contributed by atoms with Crippen LogP contribution in [0.4, 0.5) is 0 Å². The number of guanidine groups is 1. The number of nitrogens with one attached hydrogen (secondary N) is 2. The van der Waals surface area contributed by atoms with Crippen molar-refractivity contribution in [2.75, 3.05) is 19.6 Å². The van der Waals surface area contributed by atoms with Gasteiger partial charge >= 0.3 is 0 Å². The predicted molar refractivity (Wildman–Crippen MR) is 96.6 cm³/mol. The number of hydrogen-bond donors (Lipinski definition) is 2. The number of aliphatic imine (C=N–C) groups is 1. The summed E-state index contributed by atoms with van der Waals surface area (Å²) in [5.41, 5.74) is 0.466. The number of rotatable bonds is 9. The molecule has 0 aromatic carbocycles. The van der Waals surface area contributed by atoms with Gasteiger partial charge in [0.2, 0.25) is 0 Å². The molecule has 2 N–H and O–H groups in total. The van der Waals surface area contributed by atoms with Gasteiger partial charge in [-0.15, -0.1) is 0 Å². The third-order valence-electron chi connectivity index (χ3n) is 4.62. The van der Waals surface area contributed by atoms with Crippen LogP contribution >= 0.6 is 0 Å². The lowest BCUT2D eigenvalue weighted by Gasteiger charge is -2.42. The summed E-state index contributed by atoms with van der Waals surface area (Å²) >= 11 is 0. The van der Waals surface area contributed by atoms with Crippen molar-refractivity contribution < 1.29 is 0 Å². The van der Waals surface area contributed by atoms with Gasteiger partial charge < -0.3 is 15.2 Å². The molecule has 0 aliphatic heterocycles. The Hall–Kier alpha value is -1.52. The van der Waals surface area contributed by atoms with E-state index in [-0.39, 0.29) is 0 Å². The molecule has 0 amide bonds. The van der Waals surface area contributed by atoms with Gasteiger partial charge in [-0.3, -0.25) is 4.99 Å². The Balaban J connectivity index is 1.77. The van der Waals surface area contributed by atoms with Crippen LogP contribution in [0, 0.1) is 11.3 Å². The quantitative estimate of drug-likeness (QED) is 0.418. The van der Waals surface area contributed by atoms with Crippen LogP contribution in [-0.2, 0) is 6.54 Å². The van der Waals surface area contributed by atoms with Gasteiger partial charge in [-0.1, -0.05) is 20.3 Å². The Labute approximate surface area is 141 Å². The normalized spacial score (nSPS) is 17.1. The van der Waals surface area contributed by atoms with E-state index in [1.807, 2.05) is 18.7 Å². The number of hydrogen-bond acceptors (Lipinski definition) is 2. The van der Waals surface area contributed by atoms with Crippen LogP contribution in [0.25, 0.3) is 0 Å². The topological polar surface area (TPSA) is 54.2 Å². The number of aromatic nitrogens is 2. The van der Waals surface area contributed by atoms with E-state index in [9.17, 15) is 0 Å². The highest BCUT2D eigenvalue weighted by molar-refractivity contribution is 5.79. The Morgan fingerprint density at radius 3 is 2.74 bits per heavy atom. The highest BCUT2D eigenvalue weighted by atomic mass is 15.2. The summed E-state index contributed by atoms with van der Waals surface area (Å²) in [4.78, 5) is 8.94. The average molecular weight is 319 g/mol. The van der Waals surface area contributed by atoms with Crippen LogP contribution in [0.2, 0.25) is 0 Å². The van der Waals surface area contributed by atoms with E-state index in [1.165, 1.54) is 25.7 Å². The first kappa shape index (κ1) is 17.8. The Kier molecular flexibility index (Phi) is 6.93.